The Morgan fingerprint density at radius 3 is 3.06 bits per heavy atom. The highest BCUT2D eigenvalue weighted by Gasteiger charge is 2.30. The lowest BCUT2D eigenvalue weighted by atomic mass is 10.1. The summed E-state index contributed by atoms with van der Waals surface area (Å²) in [6, 6.07) is 0. The molecule has 16 heavy (non-hydrogen) atoms. The van der Waals surface area contributed by atoms with Gasteiger partial charge in [0, 0.05) is 19.0 Å². The number of aromatic amines is 1. The molecule has 0 radical (unpaired) electrons. The Labute approximate surface area is 95.9 Å². The van der Waals surface area contributed by atoms with E-state index in [2.05, 4.69) is 10.2 Å². The zero-order valence-electron chi connectivity index (χ0n) is 8.84. The first-order valence-corrected chi connectivity index (χ1v) is 5.92. The molecule has 0 spiro atoms. The molecule has 2 atom stereocenters. The number of aliphatic hydroxyl groups excluding tert-OH is 1. The van der Waals surface area contributed by atoms with Crippen LogP contribution in [-0.2, 0) is 4.79 Å². The van der Waals surface area contributed by atoms with Crippen LogP contribution >= 0.6 is 11.3 Å². The van der Waals surface area contributed by atoms with Crippen LogP contribution in [0.2, 0.25) is 0 Å². The van der Waals surface area contributed by atoms with Gasteiger partial charge < -0.3 is 10.0 Å². The molecule has 6 nitrogen and oxygen atoms in total. The van der Waals surface area contributed by atoms with Crippen LogP contribution < -0.4 is 4.87 Å². The van der Waals surface area contributed by atoms with E-state index in [4.69, 9.17) is 0 Å². The summed E-state index contributed by atoms with van der Waals surface area (Å²) in [5.74, 6) is -0.142. The molecule has 1 aromatic heterocycles. The zero-order valence-corrected chi connectivity index (χ0v) is 9.66. The van der Waals surface area contributed by atoms with E-state index in [9.17, 15) is 14.7 Å². The molecule has 1 aromatic rings. The molecule has 1 aliphatic rings. The topological polar surface area (TPSA) is 86.3 Å². The SMILES string of the molecule is CC(O)C(=O)N1CC[C@@H](c2n[nH]c(=O)s2)C1. The predicted molar refractivity (Wildman–Crippen MR) is 58.4 cm³/mol. The predicted octanol–water partition coefficient (Wildman–Crippen LogP) is -0.472. The molecular weight excluding hydrogens is 230 g/mol. The van der Waals surface area contributed by atoms with Crippen molar-refractivity contribution >= 4 is 17.2 Å². The van der Waals surface area contributed by atoms with Crippen LogP contribution in [0, 0.1) is 0 Å². The average molecular weight is 243 g/mol. The fourth-order valence-electron chi connectivity index (χ4n) is 1.84. The Hall–Kier alpha value is -1.21. The number of aromatic nitrogens is 2. The molecular formula is C9H13N3O3S. The minimum absolute atomic E-state index is 0.117. The highest BCUT2D eigenvalue weighted by Crippen LogP contribution is 2.27. The minimum atomic E-state index is -0.961. The number of H-pyrrole nitrogens is 1. The largest absolute Gasteiger partial charge is 0.384 e. The molecule has 2 heterocycles. The number of hydrogen-bond donors (Lipinski definition) is 2. The maximum Gasteiger partial charge on any atom is 0.322 e. The number of nitrogens with zero attached hydrogens (tertiary/aromatic N) is 2. The summed E-state index contributed by atoms with van der Waals surface area (Å²) in [6.07, 6.45) is -0.170. The van der Waals surface area contributed by atoms with E-state index in [-0.39, 0.29) is 16.7 Å². The third-order valence-corrected chi connectivity index (χ3v) is 3.57. The molecule has 2 rings (SSSR count). The molecule has 1 aliphatic heterocycles. The van der Waals surface area contributed by atoms with Crippen LogP contribution in [0.1, 0.15) is 24.3 Å². The van der Waals surface area contributed by atoms with E-state index >= 15 is 0 Å². The number of likely N-dealkylation sites (tertiary alicyclic amines) is 1. The second kappa shape index (κ2) is 4.34. The van der Waals surface area contributed by atoms with E-state index in [0.717, 1.165) is 22.8 Å². The van der Waals surface area contributed by atoms with Crippen LogP contribution in [0.5, 0.6) is 0 Å². The van der Waals surface area contributed by atoms with Gasteiger partial charge in [-0.15, -0.1) is 0 Å². The van der Waals surface area contributed by atoms with E-state index in [1.165, 1.54) is 6.92 Å². The van der Waals surface area contributed by atoms with Gasteiger partial charge >= 0.3 is 4.87 Å². The monoisotopic (exact) mass is 243 g/mol. The Morgan fingerprint density at radius 1 is 1.75 bits per heavy atom. The van der Waals surface area contributed by atoms with Crippen molar-refractivity contribution in [1.82, 2.24) is 15.1 Å². The number of carbonyl (C=O) groups is 1. The fraction of sp³-hybridized carbons (Fsp3) is 0.667. The maximum atomic E-state index is 11.5. The Kier molecular flexibility index (Phi) is 3.06. The number of hydrogen-bond acceptors (Lipinski definition) is 5. The van der Waals surface area contributed by atoms with Gasteiger partial charge in [-0.1, -0.05) is 11.3 Å². The quantitative estimate of drug-likeness (QED) is 0.735. The number of nitrogens with one attached hydrogen (secondary N) is 1. The lowest BCUT2D eigenvalue weighted by Crippen LogP contribution is -2.35. The van der Waals surface area contributed by atoms with E-state index in [1.807, 2.05) is 0 Å². The van der Waals surface area contributed by atoms with E-state index in [1.54, 1.807) is 4.90 Å². The molecule has 0 saturated carbocycles. The lowest BCUT2D eigenvalue weighted by Gasteiger charge is -2.17. The molecule has 1 amide bonds. The lowest BCUT2D eigenvalue weighted by molar-refractivity contribution is -0.138. The summed E-state index contributed by atoms with van der Waals surface area (Å²) in [5, 5.41) is 16.2. The number of aliphatic hydroxyl groups is 1. The van der Waals surface area contributed by atoms with Gasteiger partial charge in [-0.3, -0.25) is 9.59 Å². The first-order valence-electron chi connectivity index (χ1n) is 5.10. The molecule has 1 fully saturated rings. The van der Waals surface area contributed by atoms with Gasteiger partial charge in [0.2, 0.25) is 0 Å². The van der Waals surface area contributed by atoms with Crippen LogP contribution in [-0.4, -0.2) is 45.3 Å². The van der Waals surface area contributed by atoms with Crippen LogP contribution in [0.3, 0.4) is 0 Å². The zero-order chi connectivity index (χ0) is 11.7. The van der Waals surface area contributed by atoms with Crippen LogP contribution in [0.4, 0.5) is 0 Å². The van der Waals surface area contributed by atoms with Crippen molar-refractivity contribution in [3.63, 3.8) is 0 Å². The Bertz CT molecular complexity index is 439. The fourth-order valence-corrected chi connectivity index (χ4v) is 2.57. The van der Waals surface area contributed by atoms with Gasteiger partial charge in [0.15, 0.2) is 0 Å². The van der Waals surface area contributed by atoms with Crippen molar-refractivity contribution < 1.29 is 9.90 Å². The van der Waals surface area contributed by atoms with Gasteiger partial charge in [-0.25, -0.2) is 5.10 Å². The molecule has 1 saturated heterocycles. The van der Waals surface area contributed by atoms with Crippen molar-refractivity contribution in [3.8, 4) is 0 Å². The standard InChI is InChI=1S/C9H13N3O3S/c1-5(13)8(14)12-3-2-6(4-12)7-10-11-9(15)16-7/h5-6,13H,2-4H2,1H3,(H,11,15)/t5?,6-/m1/s1. The van der Waals surface area contributed by atoms with Crippen molar-refractivity contribution in [2.75, 3.05) is 13.1 Å². The van der Waals surface area contributed by atoms with Crippen molar-refractivity contribution in [1.29, 1.82) is 0 Å². The number of carbonyl (C=O) groups excluding carboxylic acids is 1. The number of rotatable bonds is 2. The molecule has 1 unspecified atom stereocenters. The summed E-state index contributed by atoms with van der Waals surface area (Å²) >= 11 is 1.08. The van der Waals surface area contributed by atoms with Gasteiger partial charge in [0.05, 0.1) is 0 Å². The van der Waals surface area contributed by atoms with E-state index < -0.39 is 6.10 Å². The molecule has 2 N–H and O–H groups in total. The third-order valence-electron chi connectivity index (χ3n) is 2.66. The second-order valence-corrected chi connectivity index (χ2v) is 4.89. The summed E-state index contributed by atoms with van der Waals surface area (Å²) in [7, 11) is 0. The van der Waals surface area contributed by atoms with Gasteiger partial charge in [0.1, 0.15) is 11.1 Å². The van der Waals surface area contributed by atoms with Gasteiger partial charge in [0.25, 0.3) is 5.91 Å². The number of amides is 1. The second-order valence-electron chi connectivity index (χ2n) is 3.90. The molecule has 0 aliphatic carbocycles. The Balaban J connectivity index is 2.03. The summed E-state index contributed by atoms with van der Waals surface area (Å²) in [6.45, 7) is 2.61. The van der Waals surface area contributed by atoms with Crippen molar-refractivity contribution in [3.05, 3.63) is 14.7 Å². The third kappa shape index (κ3) is 2.14. The van der Waals surface area contributed by atoms with Crippen LogP contribution in [0.25, 0.3) is 0 Å². The average Bonchev–Trinajstić information content (AvgIpc) is 2.84. The highest BCUT2D eigenvalue weighted by molar-refractivity contribution is 7.08. The minimum Gasteiger partial charge on any atom is -0.384 e. The van der Waals surface area contributed by atoms with E-state index in [0.29, 0.717) is 13.1 Å². The Morgan fingerprint density at radius 2 is 2.50 bits per heavy atom. The maximum absolute atomic E-state index is 11.5. The molecule has 7 heteroatoms. The smallest absolute Gasteiger partial charge is 0.322 e. The molecule has 0 aromatic carbocycles. The van der Waals surface area contributed by atoms with Crippen LogP contribution in [0.15, 0.2) is 4.79 Å². The van der Waals surface area contributed by atoms with Crippen molar-refractivity contribution in [2.45, 2.75) is 25.4 Å². The molecule has 0 bridgehead atoms. The summed E-state index contributed by atoms with van der Waals surface area (Å²) < 4.78 is 0. The molecule has 88 valence electrons. The van der Waals surface area contributed by atoms with Gasteiger partial charge in [-0.05, 0) is 13.3 Å². The highest BCUT2D eigenvalue weighted by atomic mass is 32.1. The van der Waals surface area contributed by atoms with Gasteiger partial charge in [-0.2, -0.15) is 5.10 Å². The summed E-state index contributed by atoms with van der Waals surface area (Å²) in [4.78, 5) is 23.9. The van der Waals surface area contributed by atoms with Crippen molar-refractivity contribution in [2.24, 2.45) is 0 Å². The normalized spacial score (nSPS) is 22.4. The summed E-state index contributed by atoms with van der Waals surface area (Å²) in [5.41, 5.74) is 0. The first kappa shape index (κ1) is 11.3. The first-order chi connectivity index (χ1) is 7.58.